The minimum absolute atomic E-state index is 0.0495. The molecule has 4 heterocycles. The van der Waals surface area contributed by atoms with Gasteiger partial charge in [0.2, 0.25) is 20.2 Å². The second kappa shape index (κ2) is 10.6. The van der Waals surface area contributed by atoms with E-state index in [0.717, 1.165) is 24.0 Å². The van der Waals surface area contributed by atoms with Gasteiger partial charge in [-0.25, -0.2) is 0 Å². The maximum Gasteiger partial charge on any atom is 0.264 e. The van der Waals surface area contributed by atoms with Crippen LogP contribution >= 0.6 is 0 Å². The zero-order valence-electron chi connectivity index (χ0n) is 24.8. The number of carbonyl (C=O) groups excluding carboxylic acids is 3. The molecule has 0 radical (unpaired) electrons. The van der Waals surface area contributed by atoms with Crippen LogP contribution in [0.2, 0.25) is 18.6 Å². The van der Waals surface area contributed by atoms with Gasteiger partial charge in [0.25, 0.3) is 5.91 Å². The SMILES string of the molecule is C[C@H]1[C@H]([Si](C)(C)F)[C@@H](CC(=O)N2Cc3ccccc3C[C@H]2CO)O[C@]12C(=O)N(C)c1ccc(N3CCCCC3=O)cc12. The van der Waals surface area contributed by atoms with E-state index in [2.05, 4.69) is 0 Å². The van der Waals surface area contributed by atoms with Crippen molar-refractivity contribution in [1.29, 1.82) is 0 Å². The topological polar surface area (TPSA) is 90.4 Å². The summed E-state index contributed by atoms with van der Waals surface area (Å²) < 4.78 is 22.9. The number of aliphatic hydroxyl groups excluding tert-OH is 1. The lowest BCUT2D eigenvalue weighted by molar-refractivity contribution is -0.150. The Morgan fingerprint density at radius 2 is 1.88 bits per heavy atom. The van der Waals surface area contributed by atoms with Crippen molar-refractivity contribution in [1.82, 2.24) is 4.90 Å². The van der Waals surface area contributed by atoms with Gasteiger partial charge in [-0.3, -0.25) is 14.4 Å². The average molecular weight is 594 g/mol. The molecule has 2 fully saturated rings. The van der Waals surface area contributed by atoms with E-state index in [0.29, 0.717) is 42.9 Å². The third-order valence-electron chi connectivity index (χ3n) is 9.97. The summed E-state index contributed by atoms with van der Waals surface area (Å²) in [5.74, 6) is -0.965. The van der Waals surface area contributed by atoms with Gasteiger partial charge in [-0.05, 0) is 61.7 Å². The summed E-state index contributed by atoms with van der Waals surface area (Å²) in [5.41, 5.74) is 2.10. The Balaban J connectivity index is 1.35. The molecule has 0 saturated carbocycles. The first-order valence-corrected chi connectivity index (χ1v) is 18.0. The molecule has 0 unspecified atom stereocenters. The van der Waals surface area contributed by atoms with Gasteiger partial charge in [-0.2, -0.15) is 0 Å². The quantitative estimate of drug-likeness (QED) is 0.413. The summed E-state index contributed by atoms with van der Waals surface area (Å²) in [4.78, 5) is 45.7. The van der Waals surface area contributed by atoms with E-state index >= 15 is 4.11 Å². The maximum absolute atomic E-state index is 16.2. The van der Waals surface area contributed by atoms with Crippen LogP contribution < -0.4 is 9.80 Å². The standard InChI is InChI=1S/C32H40FN3O5Si/c1-20-30(42(3,4)33)27(17-29(39)36-18-22-10-6-5-9-21(22)15-24(36)19-37)41-32(20)25-16-23(35-14-8-7-11-28(35)38)12-13-26(25)34(2)31(32)40/h5-6,9-10,12-13,16,20,24,27,30,37H,7-8,11,14-15,17-19H2,1-4H3/t20-,24-,27+,30-,32+/m0/s1. The van der Waals surface area contributed by atoms with Crippen LogP contribution in [0.3, 0.4) is 0 Å². The number of rotatable bonds is 5. The molecular formula is C32H40FN3O5Si. The number of carbonyl (C=O) groups is 3. The first-order valence-electron chi connectivity index (χ1n) is 15.0. The third kappa shape index (κ3) is 4.50. The fourth-order valence-corrected chi connectivity index (χ4v) is 10.4. The number of fused-ring (bicyclic) bond motifs is 3. The van der Waals surface area contributed by atoms with Crippen LogP contribution in [0.4, 0.5) is 15.5 Å². The summed E-state index contributed by atoms with van der Waals surface area (Å²) in [5, 5.41) is 10.2. The number of piperidine rings is 1. The molecule has 10 heteroatoms. The highest BCUT2D eigenvalue weighted by atomic mass is 28.4. The van der Waals surface area contributed by atoms with E-state index in [1.54, 1.807) is 34.8 Å². The fraction of sp³-hybridized carbons (Fsp3) is 0.531. The zero-order valence-corrected chi connectivity index (χ0v) is 25.8. The maximum atomic E-state index is 16.2. The number of anilines is 2. The second-order valence-electron chi connectivity index (χ2n) is 12.9. The number of ether oxygens (including phenoxy) is 1. The van der Waals surface area contributed by atoms with Crippen molar-refractivity contribution < 1.29 is 28.3 Å². The number of aliphatic hydroxyl groups is 1. The Hall–Kier alpha value is -3.08. The van der Waals surface area contributed by atoms with E-state index in [4.69, 9.17) is 4.74 Å². The molecule has 2 saturated heterocycles. The second-order valence-corrected chi connectivity index (χ2v) is 16.7. The fourth-order valence-electron chi connectivity index (χ4n) is 7.92. The molecule has 42 heavy (non-hydrogen) atoms. The molecule has 0 aliphatic carbocycles. The van der Waals surface area contributed by atoms with Crippen LogP contribution in [-0.4, -0.2) is 68.5 Å². The van der Waals surface area contributed by atoms with Crippen LogP contribution in [0.5, 0.6) is 0 Å². The van der Waals surface area contributed by atoms with Crippen molar-refractivity contribution in [3.8, 4) is 0 Å². The molecule has 1 spiro atoms. The summed E-state index contributed by atoms with van der Waals surface area (Å²) >= 11 is 0. The smallest absolute Gasteiger partial charge is 0.264 e. The van der Waals surface area contributed by atoms with Crippen molar-refractivity contribution in [3.63, 3.8) is 0 Å². The molecule has 6 rings (SSSR count). The normalized spacial score (nSPS) is 29.3. The molecule has 4 aliphatic heterocycles. The summed E-state index contributed by atoms with van der Waals surface area (Å²) in [6.45, 7) is 5.92. The van der Waals surface area contributed by atoms with E-state index in [1.165, 1.54) is 0 Å². The predicted octanol–water partition coefficient (Wildman–Crippen LogP) is 4.29. The largest absolute Gasteiger partial charge is 0.394 e. The highest BCUT2D eigenvalue weighted by Gasteiger charge is 2.66. The van der Waals surface area contributed by atoms with Crippen LogP contribution in [0.15, 0.2) is 42.5 Å². The van der Waals surface area contributed by atoms with Crippen molar-refractivity contribution in [3.05, 3.63) is 59.2 Å². The van der Waals surface area contributed by atoms with Crippen molar-refractivity contribution in [2.45, 2.75) is 82.0 Å². The van der Waals surface area contributed by atoms with Gasteiger partial charge in [-0.15, -0.1) is 0 Å². The van der Waals surface area contributed by atoms with E-state index in [1.807, 2.05) is 49.4 Å². The van der Waals surface area contributed by atoms with Gasteiger partial charge < -0.3 is 28.7 Å². The van der Waals surface area contributed by atoms with Crippen molar-refractivity contribution >= 4 is 37.5 Å². The Morgan fingerprint density at radius 1 is 1.14 bits per heavy atom. The molecule has 0 bridgehead atoms. The third-order valence-corrected chi connectivity index (χ3v) is 12.4. The average Bonchev–Trinajstić information content (AvgIpc) is 3.38. The lowest BCUT2D eigenvalue weighted by Crippen LogP contribution is -2.48. The lowest BCUT2D eigenvalue weighted by atomic mass is 9.82. The minimum atomic E-state index is -3.45. The monoisotopic (exact) mass is 593 g/mol. The van der Waals surface area contributed by atoms with Crippen LogP contribution in [-0.2, 0) is 37.7 Å². The molecule has 224 valence electrons. The Labute approximate surface area is 247 Å². The van der Waals surface area contributed by atoms with Gasteiger partial charge in [0.1, 0.15) is 0 Å². The molecule has 5 atom stereocenters. The molecule has 4 aliphatic rings. The van der Waals surface area contributed by atoms with Gasteiger partial charge >= 0.3 is 0 Å². The number of hydrogen-bond donors (Lipinski definition) is 1. The van der Waals surface area contributed by atoms with E-state index in [-0.39, 0.29) is 36.8 Å². The molecule has 3 amide bonds. The number of nitrogens with zero attached hydrogens (tertiary/aromatic N) is 3. The van der Waals surface area contributed by atoms with Crippen molar-refractivity contribution in [2.75, 3.05) is 30.0 Å². The van der Waals surface area contributed by atoms with Gasteiger partial charge in [0.15, 0.2) is 5.60 Å². The van der Waals surface area contributed by atoms with E-state index < -0.39 is 31.6 Å². The molecule has 0 aromatic heterocycles. The number of hydrogen-bond acceptors (Lipinski definition) is 5. The number of benzene rings is 2. The highest BCUT2D eigenvalue weighted by molar-refractivity contribution is 6.72. The van der Waals surface area contributed by atoms with Crippen LogP contribution in [0.1, 0.15) is 49.3 Å². The number of amides is 3. The highest BCUT2D eigenvalue weighted by Crippen LogP contribution is 2.60. The van der Waals surface area contributed by atoms with E-state index in [9.17, 15) is 19.5 Å². The minimum Gasteiger partial charge on any atom is -0.394 e. The summed E-state index contributed by atoms with van der Waals surface area (Å²) in [6.07, 6.45) is 1.91. The Kier molecular flexibility index (Phi) is 7.30. The lowest BCUT2D eigenvalue weighted by Gasteiger charge is -2.37. The summed E-state index contributed by atoms with van der Waals surface area (Å²) in [6, 6.07) is 13.1. The molecular weight excluding hydrogens is 553 g/mol. The first kappa shape index (κ1) is 29.0. The predicted molar refractivity (Wildman–Crippen MR) is 160 cm³/mol. The molecule has 8 nitrogen and oxygen atoms in total. The molecule has 2 aromatic carbocycles. The number of halogens is 1. The van der Waals surface area contributed by atoms with Crippen molar-refractivity contribution in [2.24, 2.45) is 5.92 Å². The zero-order chi connectivity index (χ0) is 30.0. The Morgan fingerprint density at radius 3 is 2.57 bits per heavy atom. The van der Waals surface area contributed by atoms with Gasteiger partial charge in [-0.1, -0.05) is 31.2 Å². The molecule has 1 N–H and O–H groups in total. The van der Waals surface area contributed by atoms with Gasteiger partial charge in [0, 0.05) is 49.3 Å². The van der Waals surface area contributed by atoms with Gasteiger partial charge in [0.05, 0.1) is 30.9 Å². The number of likely N-dealkylation sites (N-methyl/N-ethyl adjacent to an activating group) is 1. The first-order chi connectivity index (χ1) is 20.0. The van der Waals surface area contributed by atoms with Crippen LogP contribution in [0.25, 0.3) is 0 Å². The summed E-state index contributed by atoms with van der Waals surface area (Å²) in [7, 11) is -1.76. The Bertz CT molecular complexity index is 1430. The molecule has 2 aromatic rings. The van der Waals surface area contributed by atoms with Crippen LogP contribution in [0, 0.1) is 5.92 Å².